The summed E-state index contributed by atoms with van der Waals surface area (Å²) in [5, 5.41) is 0.376. The van der Waals surface area contributed by atoms with Crippen LogP contribution in [-0.4, -0.2) is 23.5 Å². The van der Waals surface area contributed by atoms with E-state index in [1.54, 1.807) is 70.2 Å². The van der Waals surface area contributed by atoms with E-state index in [9.17, 15) is 9.59 Å². The number of carbonyl (C=O) groups is 2. The first-order valence-corrected chi connectivity index (χ1v) is 10.4. The normalized spacial score (nSPS) is 12.7. The number of halogens is 3. The molecule has 0 amide bonds. The van der Waals surface area contributed by atoms with Crippen LogP contribution in [0.5, 0.6) is 5.75 Å². The van der Waals surface area contributed by atoms with Crippen LogP contribution in [0.25, 0.3) is 6.08 Å². The SMILES string of the molecule is CC(Oc1ccc(/C=C/C(=O)c2ccc(Br)cc2)c(Cl)c1Cl)C(=O)OC(C)(C)C. The van der Waals surface area contributed by atoms with Crippen molar-refractivity contribution < 1.29 is 19.1 Å². The third-order valence-corrected chi connectivity index (χ3v) is 5.07. The first-order chi connectivity index (χ1) is 13.5. The van der Waals surface area contributed by atoms with Crippen molar-refractivity contribution in [2.75, 3.05) is 0 Å². The van der Waals surface area contributed by atoms with Crippen molar-refractivity contribution in [3.05, 3.63) is 68.1 Å². The van der Waals surface area contributed by atoms with Crippen LogP contribution < -0.4 is 4.74 Å². The van der Waals surface area contributed by atoms with Crippen molar-refractivity contribution in [1.29, 1.82) is 0 Å². The predicted molar refractivity (Wildman–Crippen MR) is 120 cm³/mol. The Morgan fingerprint density at radius 2 is 1.66 bits per heavy atom. The Kier molecular flexibility index (Phi) is 7.92. The molecule has 1 atom stereocenters. The molecular weight excluding hydrogens is 479 g/mol. The first kappa shape index (κ1) is 23.5. The summed E-state index contributed by atoms with van der Waals surface area (Å²) in [7, 11) is 0. The van der Waals surface area contributed by atoms with Gasteiger partial charge in [-0.3, -0.25) is 4.79 Å². The van der Waals surface area contributed by atoms with Crippen LogP contribution in [0.3, 0.4) is 0 Å². The minimum absolute atomic E-state index is 0.153. The molecule has 0 fully saturated rings. The number of rotatable bonds is 6. The molecule has 0 spiro atoms. The molecular formula is C22H21BrCl2O4. The van der Waals surface area contributed by atoms with E-state index in [0.29, 0.717) is 11.1 Å². The molecule has 0 radical (unpaired) electrons. The number of allylic oxidation sites excluding steroid dienone is 1. The van der Waals surface area contributed by atoms with Gasteiger partial charge in [0.15, 0.2) is 11.9 Å². The molecule has 0 aliphatic carbocycles. The van der Waals surface area contributed by atoms with Gasteiger partial charge in [0.25, 0.3) is 0 Å². The maximum absolute atomic E-state index is 12.3. The topological polar surface area (TPSA) is 52.6 Å². The highest BCUT2D eigenvalue weighted by molar-refractivity contribution is 9.10. The summed E-state index contributed by atoms with van der Waals surface area (Å²) in [4.78, 5) is 24.4. The Morgan fingerprint density at radius 1 is 1.03 bits per heavy atom. The maximum atomic E-state index is 12.3. The Hall–Kier alpha value is -1.82. The van der Waals surface area contributed by atoms with Gasteiger partial charge in [0.1, 0.15) is 16.4 Å². The Labute approximate surface area is 188 Å². The van der Waals surface area contributed by atoms with Crippen molar-refractivity contribution in [3.8, 4) is 5.75 Å². The minimum Gasteiger partial charge on any atom is -0.477 e. The third kappa shape index (κ3) is 6.88. The van der Waals surface area contributed by atoms with Gasteiger partial charge < -0.3 is 9.47 Å². The quantitative estimate of drug-likeness (QED) is 0.250. The Balaban J connectivity index is 2.13. The standard InChI is InChI=1S/C22H21BrCl2O4/c1-13(21(27)29-22(2,3)4)28-18-12-8-15(19(24)20(18)25)7-11-17(26)14-5-9-16(23)10-6-14/h5-13H,1-4H3/b11-7+. The molecule has 7 heteroatoms. The van der Waals surface area contributed by atoms with Gasteiger partial charge in [-0.1, -0.05) is 39.1 Å². The van der Waals surface area contributed by atoms with Crippen LogP contribution in [0.2, 0.25) is 10.0 Å². The van der Waals surface area contributed by atoms with Crippen LogP contribution in [0, 0.1) is 0 Å². The highest BCUT2D eigenvalue weighted by Crippen LogP contribution is 2.36. The number of hydrogen-bond acceptors (Lipinski definition) is 4. The fourth-order valence-corrected chi connectivity index (χ4v) is 2.97. The number of ketones is 1. The van der Waals surface area contributed by atoms with E-state index in [1.165, 1.54) is 6.08 Å². The molecule has 0 aliphatic heterocycles. The summed E-state index contributed by atoms with van der Waals surface area (Å²) in [6, 6.07) is 10.3. The fourth-order valence-electron chi connectivity index (χ4n) is 2.27. The lowest BCUT2D eigenvalue weighted by atomic mass is 10.1. The lowest BCUT2D eigenvalue weighted by Gasteiger charge is -2.23. The second-order valence-electron chi connectivity index (χ2n) is 7.28. The molecule has 4 nitrogen and oxygen atoms in total. The minimum atomic E-state index is -0.858. The summed E-state index contributed by atoms with van der Waals surface area (Å²) in [5.74, 6) is -0.413. The van der Waals surface area contributed by atoms with Crippen molar-refractivity contribution >= 4 is 57.0 Å². The number of benzene rings is 2. The zero-order chi connectivity index (χ0) is 21.8. The molecule has 0 saturated heterocycles. The van der Waals surface area contributed by atoms with Gasteiger partial charge in [-0.15, -0.1) is 0 Å². The second-order valence-corrected chi connectivity index (χ2v) is 8.95. The summed E-state index contributed by atoms with van der Waals surface area (Å²) in [6.07, 6.45) is 2.15. The molecule has 154 valence electrons. The zero-order valence-corrected chi connectivity index (χ0v) is 19.6. The van der Waals surface area contributed by atoms with E-state index < -0.39 is 17.7 Å². The lowest BCUT2D eigenvalue weighted by molar-refractivity contribution is -0.162. The van der Waals surface area contributed by atoms with E-state index in [1.807, 2.05) is 0 Å². The van der Waals surface area contributed by atoms with Gasteiger partial charge in [0.2, 0.25) is 0 Å². The van der Waals surface area contributed by atoms with Crippen LogP contribution in [0.15, 0.2) is 46.9 Å². The number of ether oxygens (including phenoxy) is 2. The van der Waals surface area contributed by atoms with Crippen molar-refractivity contribution in [3.63, 3.8) is 0 Å². The molecule has 0 bridgehead atoms. The van der Waals surface area contributed by atoms with E-state index in [4.69, 9.17) is 32.7 Å². The van der Waals surface area contributed by atoms with Gasteiger partial charge in [-0.2, -0.15) is 0 Å². The molecule has 2 rings (SSSR count). The van der Waals surface area contributed by atoms with Gasteiger partial charge in [0.05, 0.1) is 5.02 Å². The Morgan fingerprint density at radius 3 is 2.24 bits per heavy atom. The molecule has 0 heterocycles. The molecule has 0 N–H and O–H groups in total. The molecule has 2 aromatic rings. The number of carbonyl (C=O) groups excluding carboxylic acids is 2. The Bertz CT molecular complexity index is 931. The van der Waals surface area contributed by atoms with E-state index >= 15 is 0 Å². The van der Waals surface area contributed by atoms with E-state index in [-0.39, 0.29) is 21.6 Å². The first-order valence-electron chi connectivity index (χ1n) is 8.83. The average Bonchev–Trinajstić information content (AvgIpc) is 2.63. The smallest absolute Gasteiger partial charge is 0.347 e. The van der Waals surface area contributed by atoms with Crippen LogP contribution in [-0.2, 0) is 9.53 Å². The predicted octanol–water partition coefficient (Wildman–Crippen LogP) is 6.76. The molecule has 29 heavy (non-hydrogen) atoms. The summed E-state index contributed by atoms with van der Waals surface area (Å²) >= 11 is 16.0. The average molecular weight is 500 g/mol. The van der Waals surface area contributed by atoms with E-state index in [0.717, 1.165) is 4.47 Å². The molecule has 0 aromatic heterocycles. The van der Waals surface area contributed by atoms with Crippen molar-refractivity contribution in [2.24, 2.45) is 0 Å². The molecule has 1 unspecified atom stereocenters. The van der Waals surface area contributed by atoms with Gasteiger partial charge in [-0.25, -0.2) is 4.79 Å². The molecule has 0 aliphatic rings. The third-order valence-electron chi connectivity index (χ3n) is 3.66. The van der Waals surface area contributed by atoms with Crippen LogP contribution in [0.1, 0.15) is 43.6 Å². The monoisotopic (exact) mass is 498 g/mol. The summed E-state index contributed by atoms with van der Waals surface area (Å²) in [6.45, 7) is 6.90. The van der Waals surface area contributed by atoms with Gasteiger partial charge >= 0.3 is 5.97 Å². The molecule has 2 aromatic carbocycles. The zero-order valence-electron chi connectivity index (χ0n) is 16.5. The maximum Gasteiger partial charge on any atom is 0.347 e. The summed E-state index contributed by atoms with van der Waals surface area (Å²) < 4.78 is 11.8. The number of hydrogen-bond donors (Lipinski definition) is 0. The fraction of sp³-hybridized carbons (Fsp3) is 0.273. The highest BCUT2D eigenvalue weighted by atomic mass is 79.9. The lowest BCUT2D eigenvalue weighted by Crippen LogP contribution is -2.33. The van der Waals surface area contributed by atoms with Gasteiger partial charge in [0, 0.05) is 10.0 Å². The van der Waals surface area contributed by atoms with Crippen molar-refractivity contribution in [1.82, 2.24) is 0 Å². The molecule has 0 saturated carbocycles. The largest absolute Gasteiger partial charge is 0.477 e. The number of esters is 1. The van der Waals surface area contributed by atoms with Crippen molar-refractivity contribution in [2.45, 2.75) is 39.4 Å². The van der Waals surface area contributed by atoms with Gasteiger partial charge in [-0.05, 0) is 81.8 Å². The van der Waals surface area contributed by atoms with E-state index in [2.05, 4.69) is 15.9 Å². The summed E-state index contributed by atoms with van der Waals surface area (Å²) in [5.41, 5.74) is 0.490. The highest BCUT2D eigenvalue weighted by Gasteiger charge is 2.24. The van der Waals surface area contributed by atoms with Crippen LogP contribution in [0.4, 0.5) is 0 Å². The second kappa shape index (κ2) is 9.79. The van der Waals surface area contributed by atoms with Crippen LogP contribution >= 0.6 is 39.1 Å².